The van der Waals surface area contributed by atoms with Gasteiger partial charge in [0, 0.05) is 11.7 Å². The number of hydrogen-bond donors (Lipinski definition) is 2. The Labute approximate surface area is 96.5 Å². The van der Waals surface area contributed by atoms with Gasteiger partial charge in [0.1, 0.15) is 0 Å². The van der Waals surface area contributed by atoms with Crippen molar-refractivity contribution in [3.63, 3.8) is 0 Å². The molecule has 1 aromatic rings. The van der Waals surface area contributed by atoms with Crippen LogP contribution >= 0.6 is 0 Å². The van der Waals surface area contributed by atoms with Crippen molar-refractivity contribution in [1.82, 2.24) is 0 Å². The van der Waals surface area contributed by atoms with Gasteiger partial charge in [-0.05, 0) is 44.0 Å². The first-order valence-corrected chi connectivity index (χ1v) is 5.65. The van der Waals surface area contributed by atoms with Gasteiger partial charge in [-0.2, -0.15) is 0 Å². The number of hydrogen-bond acceptors (Lipinski definition) is 2. The topological polar surface area (TPSA) is 49.3 Å². The summed E-state index contributed by atoms with van der Waals surface area (Å²) < 4.78 is 0. The zero-order valence-corrected chi connectivity index (χ0v) is 10.1. The van der Waals surface area contributed by atoms with Crippen molar-refractivity contribution in [3.05, 3.63) is 29.3 Å². The molecule has 3 nitrogen and oxygen atoms in total. The van der Waals surface area contributed by atoms with E-state index in [4.69, 9.17) is 5.11 Å². The summed E-state index contributed by atoms with van der Waals surface area (Å²) >= 11 is 0. The van der Waals surface area contributed by atoms with Gasteiger partial charge in [0.2, 0.25) is 0 Å². The van der Waals surface area contributed by atoms with Crippen molar-refractivity contribution in [2.24, 2.45) is 0 Å². The highest BCUT2D eigenvalue weighted by Gasteiger charge is 2.07. The molecule has 0 aliphatic carbocycles. The van der Waals surface area contributed by atoms with Crippen molar-refractivity contribution < 1.29 is 9.90 Å². The van der Waals surface area contributed by atoms with Gasteiger partial charge in [-0.1, -0.05) is 13.3 Å². The van der Waals surface area contributed by atoms with Gasteiger partial charge in [-0.3, -0.25) is 0 Å². The fourth-order valence-electron chi connectivity index (χ4n) is 1.73. The molecule has 1 atom stereocenters. The smallest absolute Gasteiger partial charge is 0.335 e. The fourth-order valence-corrected chi connectivity index (χ4v) is 1.73. The molecule has 0 saturated carbocycles. The first kappa shape index (κ1) is 12.6. The zero-order chi connectivity index (χ0) is 12.1. The van der Waals surface area contributed by atoms with Crippen molar-refractivity contribution in [1.29, 1.82) is 0 Å². The lowest BCUT2D eigenvalue weighted by atomic mass is 10.1. The molecule has 0 fully saturated rings. The number of aryl methyl sites for hydroxylation is 1. The van der Waals surface area contributed by atoms with Crippen LogP contribution < -0.4 is 5.32 Å². The molecule has 0 aliphatic heterocycles. The third kappa shape index (κ3) is 3.26. The lowest BCUT2D eigenvalue weighted by molar-refractivity contribution is 0.0697. The van der Waals surface area contributed by atoms with E-state index in [0.717, 1.165) is 24.1 Å². The predicted octanol–water partition coefficient (Wildman–Crippen LogP) is 3.29. The fraction of sp³-hybridized carbons (Fsp3) is 0.462. The Morgan fingerprint density at radius 2 is 2.19 bits per heavy atom. The summed E-state index contributed by atoms with van der Waals surface area (Å²) in [5, 5.41) is 12.2. The molecule has 0 aromatic heterocycles. The van der Waals surface area contributed by atoms with Gasteiger partial charge >= 0.3 is 5.97 Å². The molecule has 0 amide bonds. The van der Waals surface area contributed by atoms with Gasteiger partial charge in [0.25, 0.3) is 0 Å². The standard InChI is InChI=1S/C13H19NO2/c1-4-5-10(3)14-12-7-6-11(13(15)16)8-9(12)2/h6-8,10,14H,4-5H2,1-3H3,(H,15,16). The van der Waals surface area contributed by atoms with Crippen LogP contribution in [0.5, 0.6) is 0 Å². The van der Waals surface area contributed by atoms with E-state index in [1.807, 2.05) is 13.0 Å². The summed E-state index contributed by atoms with van der Waals surface area (Å²) in [5.41, 5.74) is 2.33. The minimum Gasteiger partial charge on any atom is -0.478 e. The lowest BCUT2D eigenvalue weighted by Gasteiger charge is -2.16. The van der Waals surface area contributed by atoms with Crippen LogP contribution in [0.1, 0.15) is 42.6 Å². The highest BCUT2D eigenvalue weighted by Crippen LogP contribution is 2.18. The number of carboxylic acids is 1. The predicted molar refractivity (Wildman–Crippen MR) is 66.1 cm³/mol. The molecule has 0 aliphatic rings. The van der Waals surface area contributed by atoms with Crippen LogP contribution in [0.15, 0.2) is 18.2 Å². The van der Waals surface area contributed by atoms with Crippen molar-refractivity contribution >= 4 is 11.7 Å². The second-order valence-corrected chi connectivity index (χ2v) is 4.17. The summed E-state index contributed by atoms with van der Waals surface area (Å²) in [5.74, 6) is -0.878. The van der Waals surface area contributed by atoms with E-state index < -0.39 is 5.97 Å². The number of carbonyl (C=O) groups is 1. The molecule has 0 heterocycles. The molecule has 3 heteroatoms. The largest absolute Gasteiger partial charge is 0.478 e. The van der Waals surface area contributed by atoms with E-state index in [2.05, 4.69) is 19.2 Å². The SMILES string of the molecule is CCCC(C)Nc1ccc(C(=O)O)cc1C. The Morgan fingerprint density at radius 1 is 1.50 bits per heavy atom. The molecular weight excluding hydrogens is 202 g/mol. The van der Waals surface area contributed by atoms with Crippen molar-refractivity contribution in [3.8, 4) is 0 Å². The molecule has 0 bridgehead atoms. The maximum atomic E-state index is 10.8. The summed E-state index contributed by atoms with van der Waals surface area (Å²) in [4.78, 5) is 10.8. The summed E-state index contributed by atoms with van der Waals surface area (Å²) in [6.07, 6.45) is 2.25. The quantitative estimate of drug-likeness (QED) is 0.802. The minimum atomic E-state index is -0.878. The van der Waals surface area contributed by atoms with Gasteiger partial charge < -0.3 is 10.4 Å². The van der Waals surface area contributed by atoms with Gasteiger partial charge in [0.15, 0.2) is 0 Å². The maximum Gasteiger partial charge on any atom is 0.335 e. The summed E-state index contributed by atoms with van der Waals surface area (Å²) in [7, 11) is 0. The number of rotatable bonds is 5. The average Bonchev–Trinajstić information content (AvgIpc) is 2.21. The van der Waals surface area contributed by atoms with E-state index in [1.165, 1.54) is 0 Å². The second-order valence-electron chi connectivity index (χ2n) is 4.17. The first-order valence-electron chi connectivity index (χ1n) is 5.65. The Kier molecular flexibility index (Phi) is 4.35. The van der Waals surface area contributed by atoms with Crippen molar-refractivity contribution in [2.75, 3.05) is 5.32 Å². The number of benzene rings is 1. The van der Waals surface area contributed by atoms with E-state index in [1.54, 1.807) is 12.1 Å². The second kappa shape index (κ2) is 5.54. The molecule has 2 N–H and O–H groups in total. The lowest BCUT2D eigenvalue weighted by Crippen LogP contribution is -2.15. The van der Waals surface area contributed by atoms with Crippen LogP contribution in [0, 0.1) is 6.92 Å². The summed E-state index contributed by atoms with van der Waals surface area (Å²) in [6, 6.07) is 5.59. The Bertz CT molecular complexity index is 374. The van der Waals surface area contributed by atoms with E-state index in [9.17, 15) is 4.79 Å². The summed E-state index contributed by atoms with van der Waals surface area (Å²) in [6.45, 7) is 6.21. The molecular formula is C13H19NO2. The molecule has 0 spiro atoms. The molecule has 16 heavy (non-hydrogen) atoms. The van der Waals surface area contributed by atoms with Gasteiger partial charge in [-0.15, -0.1) is 0 Å². The molecule has 1 rings (SSSR count). The Balaban J connectivity index is 2.79. The van der Waals surface area contributed by atoms with Crippen LogP contribution in [0.3, 0.4) is 0 Å². The van der Waals surface area contributed by atoms with Crippen LogP contribution in [0.4, 0.5) is 5.69 Å². The highest BCUT2D eigenvalue weighted by molar-refractivity contribution is 5.88. The third-order valence-corrected chi connectivity index (χ3v) is 2.60. The van der Waals surface area contributed by atoms with Gasteiger partial charge in [-0.25, -0.2) is 4.79 Å². The molecule has 1 unspecified atom stereocenters. The molecule has 0 radical (unpaired) electrons. The third-order valence-electron chi connectivity index (χ3n) is 2.60. The van der Waals surface area contributed by atoms with Crippen LogP contribution in [0.25, 0.3) is 0 Å². The maximum absolute atomic E-state index is 10.8. The number of aromatic carboxylic acids is 1. The van der Waals surface area contributed by atoms with Gasteiger partial charge in [0.05, 0.1) is 5.56 Å². The zero-order valence-electron chi connectivity index (χ0n) is 10.1. The average molecular weight is 221 g/mol. The number of anilines is 1. The molecule has 1 aromatic carbocycles. The van der Waals surface area contributed by atoms with Crippen LogP contribution in [0.2, 0.25) is 0 Å². The minimum absolute atomic E-state index is 0.339. The number of carboxylic acid groups (broad SMARTS) is 1. The Hall–Kier alpha value is -1.51. The van der Waals surface area contributed by atoms with E-state index in [-0.39, 0.29) is 0 Å². The Morgan fingerprint density at radius 3 is 2.69 bits per heavy atom. The van der Waals surface area contributed by atoms with Crippen LogP contribution in [-0.2, 0) is 0 Å². The highest BCUT2D eigenvalue weighted by atomic mass is 16.4. The monoisotopic (exact) mass is 221 g/mol. The van der Waals surface area contributed by atoms with Crippen LogP contribution in [-0.4, -0.2) is 17.1 Å². The first-order chi connectivity index (χ1) is 7.54. The van der Waals surface area contributed by atoms with E-state index in [0.29, 0.717) is 11.6 Å². The molecule has 0 saturated heterocycles. The normalized spacial score (nSPS) is 12.2. The van der Waals surface area contributed by atoms with E-state index >= 15 is 0 Å². The number of nitrogens with one attached hydrogen (secondary N) is 1. The van der Waals surface area contributed by atoms with Crippen molar-refractivity contribution in [2.45, 2.75) is 39.7 Å². The molecule has 88 valence electrons.